The first kappa shape index (κ1) is 15.8. The van der Waals surface area contributed by atoms with E-state index < -0.39 is 0 Å². The van der Waals surface area contributed by atoms with Crippen LogP contribution in [-0.2, 0) is 6.42 Å². The number of nitrogens with zero attached hydrogens (tertiary/aromatic N) is 3. The Hall–Kier alpha value is -1.63. The Bertz CT molecular complexity index is 676. The molecule has 0 aliphatic rings. The molecule has 1 aromatic carbocycles. The molecular formula is C14H17ClN4OS. The minimum Gasteiger partial charge on any atom is -0.497 e. The van der Waals surface area contributed by atoms with Crippen LogP contribution in [0.1, 0.15) is 11.4 Å². The molecule has 0 amide bonds. The van der Waals surface area contributed by atoms with E-state index in [2.05, 4.69) is 10.1 Å². The van der Waals surface area contributed by atoms with Crippen molar-refractivity contribution in [1.82, 2.24) is 14.6 Å². The maximum Gasteiger partial charge on any atom is 0.212 e. The third kappa shape index (κ3) is 3.34. The van der Waals surface area contributed by atoms with Crippen LogP contribution >= 0.6 is 23.7 Å². The molecule has 5 nitrogen and oxygen atoms in total. The second kappa shape index (κ2) is 6.89. The van der Waals surface area contributed by atoms with E-state index in [1.54, 1.807) is 18.4 Å². The fourth-order valence-electron chi connectivity index (χ4n) is 2.00. The number of rotatable bonds is 5. The number of aryl methyl sites for hydroxylation is 1. The summed E-state index contributed by atoms with van der Waals surface area (Å²) in [4.78, 5) is 5.53. The van der Waals surface area contributed by atoms with E-state index in [-0.39, 0.29) is 12.4 Å². The predicted molar refractivity (Wildman–Crippen MR) is 87.5 cm³/mol. The summed E-state index contributed by atoms with van der Waals surface area (Å²) in [5.74, 6) is 0.844. The molecule has 0 aliphatic heterocycles. The molecule has 0 aliphatic carbocycles. The number of hydrogen-bond donors (Lipinski definition) is 1. The van der Waals surface area contributed by atoms with Crippen LogP contribution in [-0.4, -0.2) is 28.3 Å². The molecule has 3 rings (SSSR count). The lowest BCUT2D eigenvalue weighted by Crippen LogP contribution is -2.00. The minimum absolute atomic E-state index is 0. The Morgan fingerprint density at radius 3 is 2.67 bits per heavy atom. The number of imidazole rings is 1. The van der Waals surface area contributed by atoms with Crippen molar-refractivity contribution in [2.75, 3.05) is 13.7 Å². The number of fused-ring (bicyclic) bond motifs is 1. The molecule has 3 aromatic rings. The first-order valence-corrected chi connectivity index (χ1v) is 7.31. The van der Waals surface area contributed by atoms with Crippen molar-refractivity contribution in [3.8, 4) is 17.0 Å². The van der Waals surface area contributed by atoms with E-state index in [1.807, 2.05) is 35.0 Å². The van der Waals surface area contributed by atoms with Crippen molar-refractivity contribution >= 4 is 28.7 Å². The van der Waals surface area contributed by atoms with Gasteiger partial charge in [0.2, 0.25) is 4.96 Å². The zero-order valence-corrected chi connectivity index (χ0v) is 13.3. The lowest BCUT2D eigenvalue weighted by Gasteiger charge is -2.00. The molecule has 112 valence electrons. The molecule has 0 spiro atoms. The summed E-state index contributed by atoms with van der Waals surface area (Å²) in [6, 6.07) is 7.87. The number of methoxy groups -OCH3 is 1. The molecular weight excluding hydrogens is 308 g/mol. The van der Waals surface area contributed by atoms with Gasteiger partial charge in [-0.25, -0.2) is 9.50 Å². The Labute approximate surface area is 133 Å². The van der Waals surface area contributed by atoms with Crippen LogP contribution in [0.3, 0.4) is 0 Å². The van der Waals surface area contributed by atoms with Crippen molar-refractivity contribution < 1.29 is 4.74 Å². The normalized spacial score (nSPS) is 10.6. The summed E-state index contributed by atoms with van der Waals surface area (Å²) < 4.78 is 7.00. The van der Waals surface area contributed by atoms with Crippen molar-refractivity contribution in [3.63, 3.8) is 0 Å². The van der Waals surface area contributed by atoms with Crippen LogP contribution in [0.25, 0.3) is 16.2 Å². The van der Waals surface area contributed by atoms with Crippen LogP contribution in [0.5, 0.6) is 5.75 Å². The Morgan fingerprint density at radius 2 is 2.05 bits per heavy atom. The number of benzene rings is 1. The van der Waals surface area contributed by atoms with E-state index in [1.165, 1.54) is 0 Å². The summed E-state index contributed by atoms with van der Waals surface area (Å²) in [6.07, 6.45) is 3.84. The third-order valence-corrected chi connectivity index (χ3v) is 4.05. The van der Waals surface area contributed by atoms with Gasteiger partial charge < -0.3 is 10.5 Å². The molecule has 0 unspecified atom stereocenters. The van der Waals surface area contributed by atoms with Gasteiger partial charge in [-0.05, 0) is 37.2 Å². The van der Waals surface area contributed by atoms with Gasteiger partial charge in [0, 0.05) is 12.0 Å². The first-order chi connectivity index (χ1) is 9.80. The topological polar surface area (TPSA) is 65.4 Å². The average Bonchev–Trinajstić information content (AvgIpc) is 3.03. The van der Waals surface area contributed by atoms with Crippen LogP contribution in [0.2, 0.25) is 0 Å². The van der Waals surface area contributed by atoms with Crippen molar-refractivity contribution in [1.29, 1.82) is 0 Å². The van der Waals surface area contributed by atoms with Crippen molar-refractivity contribution in [2.45, 2.75) is 12.8 Å². The molecule has 21 heavy (non-hydrogen) atoms. The van der Waals surface area contributed by atoms with Gasteiger partial charge in [0.1, 0.15) is 10.8 Å². The summed E-state index contributed by atoms with van der Waals surface area (Å²) >= 11 is 1.62. The molecule has 0 atom stereocenters. The number of nitrogens with two attached hydrogens (primary N) is 1. The highest BCUT2D eigenvalue weighted by Crippen LogP contribution is 2.24. The van der Waals surface area contributed by atoms with Gasteiger partial charge >= 0.3 is 0 Å². The van der Waals surface area contributed by atoms with E-state index in [4.69, 9.17) is 10.5 Å². The maximum atomic E-state index is 5.51. The Kier molecular flexibility index (Phi) is 5.17. The van der Waals surface area contributed by atoms with Gasteiger partial charge in [0.15, 0.2) is 0 Å². The molecule has 0 saturated carbocycles. The molecule has 0 fully saturated rings. The molecule has 2 aromatic heterocycles. The van der Waals surface area contributed by atoms with E-state index in [0.29, 0.717) is 6.54 Å². The van der Waals surface area contributed by atoms with Crippen LogP contribution in [0.4, 0.5) is 0 Å². The summed E-state index contributed by atoms with van der Waals surface area (Å²) in [5.41, 5.74) is 7.50. The molecule has 0 radical (unpaired) electrons. The van der Waals surface area contributed by atoms with Gasteiger partial charge in [-0.1, -0.05) is 11.3 Å². The van der Waals surface area contributed by atoms with E-state index >= 15 is 0 Å². The van der Waals surface area contributed by atoms with Gasteiger partial charge in [0.05, 0.1) is 19.0 Å². The molecule has 2 heterocycles. The fourth-order valence-corrected chi connectivity index (χ4v) is 2.91. The van der Waals surface area contributed by atoms with Gasteiger partial charge in [0.25, 0.3) is 0 Å². The molecule has 0 bridgehead atoms. The largest absolute Gasteiger partial charge is 0.497 e. The smallest absolute Gasteiger partial charge is 0.212 e. The van der Waals surface area contributed by atoms with Gasteiger partial charge in [-0.15, -0.1) is 12.4 Å². The fraction of sp³-hybridized carbons (Fsp3) is 0.286. The van der Waals surface area contributed by atoms with Crippen LogP contribution in [0, 0.1) is 0 Å². The second-order valence-corrected chi connectivity index (χ2v) is 5.51. The highest BCUT2D eigenvalue weighted by Gasteiger charge is 2.09. The average molecular weight is 325 g/mol. The van der Waals surface area contributed by atoms with Gasteiger partial charge in [-0.3, -0.25) is 0 Å². The number of aromatic nitrogens is 3. The van der Waals surface area contributed by atoms with Crippen molar-refractivity contribution in [3.05, 3.63) is 35.5 Å². The standard InChI is InChI=1S/C14H16N4OS.ClH/c1-19-11-6-4-10(5-7-11)12-9-18-14(16-12)20-13(17-18)3-2-8-15;/h4-7,9H,2-3,8,15H2,1H3;1H. The molecule has 2 N–H and O–H groups in total. The summed E-state index contributed by atoms with van der Waals surface area (Å²) in [6.45, 7) is 0.693. The SMILES string of the molecule is COc1ccc(-c2cn3nc(CCCN)sc3n2)cc1.Cl. The summed E-state index contributed by atoms with van der Waals surface area (Å²) in [7, 11) is 1.66. The monoisotopic (exact) mass is 324 g/mol. The van der Waals surface area contributed by atoms with E-state index in [9.17, 15) is 0 Å². The van der Waals surface area contributed by atoms with Gasteiger partial charge in [-0.2, -0.15) is 5.10 Å². The Balaban J connectivity index is 0.00000161. The lowest BCUT2D eigenvalue weighted by molar-refractivity contribution is 0.415. The Morgan fingerprint density at radius 1 is 1.29 bits per heavy atom. The number of ether oxygens (including phenoxy) is 1. The second-order valence-electron chi connectivity index (χ2n) is 4.47. The zero-order valence-electron chi connectivity index (χ0n) is 11.7. The van der Waals surface area contributed by atoms with Crippen LogP contribution < -0.4 is 10.5 Å². The highest BCUT2D eigenvalue weighted by atomic mass is 35.5. The van der Waals surface area contributed by atoms with Crippen molar-refractivity contribution in [2.24, 2.45) is 5.73 Å². The van der Waals surface area contributed by atoms with Crippen LogP contribution in [0.15, 0.2) is 30.5 Å². The lowest BCUT2D eigenvalue weighted by atomic mass is 10.2. The number of hydrogen-bond acceptors (Lipinski definition) is 5. The molecule has 7 heteroatoms. The van der Waals surface area contributed by atoms with E-state index in [0.717, 1.165) is 39.8 Å². The highest BCUT2D eigenvalue weighted by molar-refractivity contribution is 7.16. The summed E-state index contributed by atoms with van der Waals surface area (Å²) in [5, 5.41) is 5.61. The quantitative estimate of drug-likeness (QED) is 0.783. The number of halogens is 1. The minimum atomic E-state index is 0. The third-order valence-electron chi connectivity index (χ3n) is 3.07. The first-order valence-electron chi connectivity index (χ1n) is 6.50. The zero-order chi connectivity index (χ0) is 13.9. The maximum absolute atomic E-state index is 5.51. The molecule has 0 saturated heterocycles. The predicted octanol–water partition coefficient (Wildman–Crippen LogP) is 2.78.